The number of rotatable bonds is 2. The Hall–Kier alpha value is -0.410. The van der Waals surface area contributed by atoms with Crippen LogP contribution in [0.4, 0.5) is 0 Å². The molecule has 0 aromatic heterocycles. The third kappa shape index (κ3) is 9.59. The summed E-state index contributed by atoms with van der Waals surface area (Å²) in [5, 5.41) is 5.93. The standard InChI is InChI=1S/C5H11N.C3H7NO.H2/c1-2-4-6-5-3-1;1-4-2-3-5;/h6H,1-5H2;3-4H,2H2,1H3;1H. The normalized spacial score (nSPS) is 16.5. The van der Waals surface area contributed by atoms with Crippen molar-refractivity contribution in [1.29, 1.82) is 0 Å². The molecule has 0 bridgehead atoms. The molecule has 0 atom stereocenters. The van der Waals surface area contributed by atoms with Gasteiger partial charge in [-0.15, -0.1) is 0 Å². The Balaban J connectivity index is 0. The summed E-state index contributed by atoms with van der Waals surface area (Å²) in [6, 6.07) is 0. The van der Waals surface area contributed by atoms with Crippen LogP contribution in [0.25, 0.3) is 0 Å². The SMILES string of the molecule is C1CCNCC1.CNCC=O.[HH]. The molecule has 3 nitrogen and oxygen atoms in total. The Morgan fingerprint density at radius 2 is 2.09 bits per heavy atom. The van der Waals surface area contributed by atoms with Gasteiger partial charge in [0.05, 0.1) is 6.54 Å². The van der Waals surface area contributed by atoms with E-state index in [0.29, 0.717) is 6.54 Å². The zero-order valence-electron chi connectivity index (χ0n) is 7.23. The van der Waals surface area contributed by atoms with Crippen LogP contribution in [0.1, 0.15) is 20.7 Å². The molecule has 1 saturated heterocycles. The third-order valence-corrected chi connectivity index (χ3v) is 1.49. The Labute approximate surface area is 70.0 Å². The van der Waals surface area contributed by atoms with Gasteiger partial charge < -0.3 is 15.4 Å². The number of aldehydes is 1. The molecule has 0 radical (unpaired) electrons. The van der Waals surface area contributed by atoms with Gasteiger partial charge in [0.15, 0.2) is 0 Å². The van der Waals surface area contributed by atoms with Gasteiger partial charge in [-0.2, -0.15) is 0 Å². The van der Waals surface area contributed by atoms with Gasteiger partial charge in [-0.25, -0.2) is 0 Å². The molecule has 0 spiro atoms. The second kappa shape index (κ2) is 9.59. The average molecular weight is 160 g/mol. The molecule has 0 unspecified atom stereocenters. The van der Waals surface area contributed by atoms with Crippen molar-refractivity contribution >= 4 is 6.29 Å². The summed E-state index contributed by atoms with van der Waals surface area (Å²) >= 11 is 0. The monoisotopic (exact) mass is 160 g/mol. The topological polar surface area (TPSA) is 41.1 Å². The second-order valence-corrected chi connectivity index (χ2v) is 2.54. The number of likely N-dealkylation sites (N-methyl/N-ethyl adjacent to an activating group) is 1. The van der Waals surface area contributed by atoms with Crippen LogP contribution in [0.3, 0.4) is 0 Å². The minimum absolute atomic E-state index is 0. The highest BCUT2D eigenvalue weighted by Crippen LogP contribution is 1.96. The molecule has 3 heteroatoms. The summed E-state index contributed by atoms with van der Waals surface area (Å²) in [5.74, 6) is 0. The number of carbonyl (C=O) groups is 1. The summed E-state index contributed by atoms with van der Waals surface area (Å²) in [6.45, 7) is 2.96. The molecule has 0 aliphatic carbocycles. The molecule has 0 aromatic rings. The Morgan fingerprint density at radius 1 is 1.45 bits per heavy atom. The van der Waals surface area contributed by atoms with Crippen molar-refractivity contribution in [2.24, 2.45) is 0 Å². The lowest BCUT2D eigenvalue weighted by Gasteiger charge is -2.08. The highest BCUT2D eigenvalue weighted by molar-refractivity contribution is 5.51. The molecule has 1 fully saturated rings. The molecule has 0 amide bonds. The lowest BCUT2D eigenvalue weighted by atomic mass is 10.2. The lowest BCUT2D eigenvalue weighted by Crippen LogP contribution is -2.21. The summed E-state index contributed by atoms with van der Waals surface area (Å²) in [4.78, 5) is 9.34. The third-order valence-electron chi connectivity index (χ3n) is 1.49. The smallest absolute Gasteiger partial charge is 0.133 e. The first-order valence-electron chi connectivity index (χ1n) is 4.20. The van der Waals surface area contributed by atoms with E-state index < -0.39 is 0 Å². The van der Waals surface area contributed by atoms with E-state index in [0.717, 1.165) is 6.29 Å². The number of nitrogens with one attached hydrogen (secondary N) is 2. The molecule has 0 saturated carbocycles. The predicted octanol–water partition coefficient (Wildman–Crippen LogP) is 0.411. The summed E-state index contributed by atoms with van der Waals surface area (Å²) < 4.78 is 0. The lowest BCUT2D eigenvalue weighted by molar-refractivity contribution is -0.107. The van der Waals surface area contributed by atoms with E-state index in [1.54, 1.807) is 7.05 Å². The fraction of sp³-hybridized carbons (Fsp3) is 0.875. The van der Waals surface area contributed by atoms with Crippen LogP contribution in [0, 0.1) is 0 Å². The van der Waals surface area contributed by atoms with Gasteiger partial charge in [0.25, 0.3) is 0 Å². The Kier molecular flexibility index (Phi) is 9.23. The molecule has 1 rings (SSSR count). The maximum atomic E-state index is 9.34. The average Bonchev–Trinajstić information content (AvgIpc) is 2.10. The first kappa shape index (κ1) is 10.6. The molecule has 0 aromatic carbocycles. The molecular weight excluding hydrogens is 140 g/mol. The highest BCUT2D eigenvalue weighted by atomic mass is 16.1. The van der Waals surface area contributed by atoms with Gasteiger partial charge >= 0.3 is 0 Å². The predicted molar refractivity (Wildman–Crippen MR) is 48.8 cm³/mol. The van der Waals surface area contributed by atoms with Crippen LogP contribution < -0.4 is 10.6 Å². The molecule has 68 valence electrons. The zero-order valence-corrected chi connectivity index (χ0v) is 7.23. The van der Waals surface area contributed by atoms with E-state index in [9.17, 15) is 4.79 Å². The minimum atomic E-state index is 0. The molecule has 2 N–H and O–H groups in total. The first-order valence-corrected chi connectivity index (χ1v) is 4.20. The summed E-state index contributed by atoms with van der Waals surface area (Å²) in [7, 11) is 1.73. The van der Waals surface area contributed by atoms with E-state index in [1.165, 1.54) is 32.4 Å². The highest BCUT2D eigenvalue weighted by Gasteiger charge is 1.93. The maximum absolute atomic E-state index is 9.34. The van der Waals surface area contributed by atoms with Crippen LogP contribution in [0.2, 0.25) is 0 Å². The zero-order chi connectivity index (χ0) is 8.36. The second-order valence-electron chi connectivity index (χ2n) is 2.54. The van der Waals surface area contributed by atoms with E-state index >= 15 is 0 Å². The van der Waals surface area contributed by atoms with Crippen LogP contribution in [0.15, 0.2) is 0 Å². The van der Waals surface area contributed by atoms with Gasteiger partial charge in [0.1, 0.15) is 6.29 Å². The molecule has 1 aliphatic rings. The van der Waals surface area contributed by atoms with Crippen molar-refractivity contribution < 1.29 is 6.22 Å². The summed E-state index contributed by atoms with van der Waals surface area (Å²) in [6.07, 6.45) is 5.03. The number of hydrogen-bond acceptors (Lipinski definition) is 3. The summed E-state index contributed by atoms with van der Waals surface area (Å²) in [5.41, 5.74) is 0. The van der Waals surface area contributed by atoms with Crippen molar-refractivity contribution in [2.45, 2.75) is 19.3 Å². The van der Waals surface area contributed by atoms with Crippen LogP contribution in [0.5, 0.6) is 0 Å². The van der Waals surface area contributed by atoms with Gasteiger partial charge in [-0.05, 0) is 33.0 Å². The minimum Gasteiger partial charge on any atom is -0.317 e. The van der Waals surface area contributed by atoms with Gasteiger partial charge in [-0.1, -0.05) is 6.42 Å². The Bertz CT molecular complexity index is 75.6. The molecular formula is C8H20N2O. The fourth-order valence-electron chi connectivity index (χ4n) is 0.885. The van der Waals surface area contributed by atoms with Crippen LogP contribution >= 0.6 is 0 Å². The van der Waals surface area contributed by atoms with Crippen molar-refractivity contribution in [3.8, 4) is 0 Å². The van der Waals surface area contributed by atoms with Crippen LogP contribution in [-0.4, -0.2) is 33.0 Å². The first-order chi connectivity index (χ1) is 5.41. The van der Waals surface area contributed by atoms with E-state index in [4.69, 9.17) is 0 Å². The Morgan fingerprint density at radius 3 is 2.18 bits per heavy atom. The van der Waals surface area contributed by atoms with Crippen molar-refractivity contribution in [3.05, 3.63) is 0 Å². The van der Waals surface area contributed by atoms with Crippen molar-refractivity contribution in [3.63, 3.8) is 0 Å². The van der Waals surface area contributed by atoms with Gasteiger partial charge in [-0.3, -0.25) is 0 Å². The van der Waals surface area contributed by atoms with Crippen molar-refractivity contribution in [1.82, 2.24) is 10.6 Å². The van der Waals surface area contributed by atoms with Gasteiger partial charge in [0.2, 0.25) is 0 Å². The van der Waals surface area contributed by atoms with Crippen LogP contribution in [-0.2, 0) is 4.79 Å². The van der Waals surface area contributed by atoms with E-state index in [1.807, 2.05) is 0 Å². The molecule has 1 aliphatic heterocycles. The van der Waals surface area contributed by atoms with E-state index in [2.05, 4.69) is 10.6 Å². The molecule has 1 heterocycles. The van der Waals surface area contributed by atoms with Crippen molar-refractivity contribution in [2.75, 3.05) is 26.7 Å². The quantitative estimate of drug-likeness (QED) is 0.575. The van der Waals surface area contributed by atoms with Gasteiger partial charge in [0, 0.05) is 1.43 Å². The molecule has 11 heavy (non-hydrogen) atoms. The fourth-order valence-corrected chi connectivity index (χ4v) is 0.885. The van der Waals surface area contributed by atoms with E-state index in [-0.39, 0.29) is 1.43 Å². The maximum Gasteiger partial charge on any atom is 0.133 e. The number of piperidine rings is 1. The number of carbonyl (C=O) groups excluding carboxylic acids is 1. The number of hydrogen-bond donors (Lipinski definition) is 2. The largest absolute Gasteiger partial charge is 0.317 e.